The predicted molar refractivity (Wildman–Crippen MR) is 285 cm³/mol. The fourth-order valence-corrected chi connectivity index (χ4v) is 9.28. The van der Waals surface area contributed by atoms with Gasteiger partial charge in [-0.15, -0.1) is 0 Å². The van der Waals surface area contributed by atoms with Crippen LogP contribution in [0.4, 0.5) is 22.7 Å². The fourth-order valence-electron chi connectivity index (χ4n) is 9.28. The standard InChI is InChI=1S/C62H68N4O/c1-58(2,3)41-21-18-20-40(32-41)48-23-19-25-53-57(48)65(46-34-43(60(7,8)9)33-44(35-46)61(10,11)12)39-64(53)45-26-29-51(62(13,14)15)55(37-45)67-47-27-28-50-49-22-16-17-24-52(49)66(54(50)38-47)56-36-42(30-31-63-56)59(4,5)6/h16-38H,1-15H3/q+2. The van der Waals surface area contributed by atoms with E-state index in [0.29, 0.717) is 0 Å². The Morgan fingerprint density at radius 2 is 1.12 bits per heavy atom. The van der Waals surface area contributed by atoms with Crippen LogP contribution >= 0.6 is 0 Å². The Labute approximate surface area is 399 Å². The molecule has 5 nitrogen and oxygen atoms in total. The molecule has 0 bridgehead atoms. The fraction of sp³-hybridized carbons (Fsp3) is 0.323. The molecule has 0 amide bonds. The number of hydrogen-bond donors (Lipinski definition) is 0. The van der Waals surface area contributed by atoms with Crippen molar-refractivity contribution in [3.63, 3.8) is 0 Å². The van der Waals surface area contributed by atoms with Crippen molar-refractivity contribution in [3.8, 4) is 28.4 Å². The molecule has 0 aliphatic carbocycles. The summed E-state index contributed by atoms with van der Waals surface area (Å²) in [7, 11) is 0. The van der Waals surface area contributed by atoms with Crippen LogP contribution in [0.5, 0.6) is 11.5 Å². The van der Waals surface area contributed by atoms with E-state index in [9.17, 15) is 0 Å². The highest BCUT2D eigenvalue weighted by Gasteiger charge is 2.41. The summed E-state index contributed by atoms with van der Waals surface area (Å²) in [5.41, 5.74) is 14.6. The molecule has 1 aliphatic rings. The van der Waals surface area contributed by atoms with Crippen LogP contribution in [0.15, 0.2) is 140 Å². The van der Waals surface area contributed by atoms with Gasteiger partial charge in [-0.3, -0.25) is 4.57 Å². The molecule has 0 N–H and O–H groups in total. The SMILES string of the molecule is CC(C)(C)c1cccc(-c2cccc3c2[N+](c2cc(C(C)(C)C)cc(C(C)(C)C)c2)=C=[N+]3c2ccc(C(C)(C)C)c(Oc3ccc4c5ccccc5n(-c5cc(C(C)(C)C)ccn5)c4c3)c2)c1. The van der Waals surface area contributed by atoms with E-state index in [1.165, 1.54) is 33.2 Å². The van der Waals surface area contributed by atoms with Crippen molar-refractivity contribution in [2.75, 3.05) is 0 Å². The number of hydrogen-bond acceptors (Lipinski definition) is 2. The smallest absolute Gasteiger partial charge is 0.457 e. The van der Waals surface area contributed by atoms with Gasteiger partial charge >= 0.3 is 11.7 Å². The van der Waals surface area contributed by atoms with Gasteiger partial charge in [0.05, 0.1) is 22.7 Å². The van der Waals surface area contributed by atoms with Gasteiger partial charge in [0.2, 0.25) is 11.4 Å². The molecule has 9 rings (SSSR count). The van der Waals surface area contributed by atoms with Crippen molar-refractivity contribution in [3.05, 3.63) is 167 Å². The molecule has 340 valence electrons. The molecule has 0 atom stereocenters. The molecule has 8 aromatic rings. The zero-order valence-corrected chi connectivity index (χ0v) is 42.5. The number of ether oxygens (including phenoxy) is 1. The first kappa shape index (κ1) is 45.6. The average Bonchev–Trinajstić information content (AvgIpc) is 3.81. The van der Waals surface area contributed by atoms with Crippen molar-refractivity contribution < 1.29 is 4.74 Å². The quantitative estimate of drug-likeness (QED) is 0.156. The van der Waals surface area contributed by atoms with E-state index in [1.807, 2.05) is 6.20 Å². The van der Waals surface area contributed by atoms with E-state index < -0.39 is 0 Å². The first-order valence-electron chi connectivity index (χ1n) is 24.0. The normalized spacial score (nSPS) is 13.5. The highest BCUT2D eigenvalue weighted by Crippen LogP contribution is 2.47. The highest BCUT2D eigenvalue weighted by molar-refractivity contribution is 6.09. The van der Waals surface area contributed by atoms with E-state index in [2.05, 4.69) is 257 Å². The zero-order valence-electron chi connectivity index (χ0n) is 42.5. The van der Waals surface area contributed by atoms with Crippen LogP contribution in [0.3, 0.4) is 0 Å². The van der Waals surface area contributed by atoms with Crippen LogP contribution in [0.2, 0.25) is 0 Å². The minimum Gasteiger partial charge on any atom is -0.457 e. The molecule has 0 saturated carbocycles. The first-order chi connectivity index (χ1) is 31.4. The Hall–Kier alpha value is -6.55. The third kappa shape index (κ3) is 8.67. The van der Waals surface area contributed by atoms with Crippen LogP contribution in [0, 0.1) is 0 Å². The van der Waals surface area contributed by atoms with Crippen LogP contribution in [-0.2, 0) is 27.1 Å². The third-order valence-corrected chi connectivity index (χ3v) is 13.4. The summed E-state index contributed by atoms with van der Waals surface area (Å²) in [6, 6.07) is 52.9. The lowest BCUT2D eigenvalue weighted by Crippen LogP contribution is -2.17. The van der Waals surface area contributed by atoms with Gasteiger partial charge in [-0.1, -0.05) is 158 Å². The average molecular weight is 885 g/mol. The molecule has 5 heteroatoms. The molecule has 3 heterocycles. The number of pyridine rings is 1. The number of aromatic nitrogens is 2. The second-order valence-corrected chi connectivity index (χ2v) is 23.8. The van der Waals surface area contributed by atoms with Crippen molar-refractivity contribution in [1.82, 2.24) is 18.7 Å². The van der Waals surface area contributed by atoms with E-state index in [1.54, 1.807) is 0 Å². The zero-order chi connectivity index (χ0) is 48.0. The summed E-state index contributed by atoms with van der Waals surface area (Å²) < 4.78 is 14.0. The molecule has 0 radical (unpaired) electrons. The van der Waals surface area contributed by atoms with Crippen LogP contribution < -0.4 is 13.9 Å². The Morgan fingerprint density at radius 1 is 0.478 bits per heavy atom. The van der Waals surface area contributed by atoms with E-state index in [4.69, 9.17) is 9.72 Å². The van der Waals surface area contributed by atoms with Gasteiger partial charge in [0.15, 0.2) is 0 Å². The number of nitrogens with zero attached hydrogens (tertiary/aromatic N) is 4. The van der Waals surface area contributed by atoms with Gasteiger partial charge in [0.1, 0.15) is 17.3 Å². The van der Waals surface area contributed by atoms with Crippen molar-refractivity contribution in [2.45, 2.75) is 131 Å². The predicted octanol–water partition coefficient (Wildman–Crippen LogP) is 17.0. The van der Waals surface area contributed by atoms with Gasteiger partial charge in [-0.05, 0) is 107 Å². The Morgan fingerprint density at radius 3 is 1.79 bits per heavy atom. The monoisotopic (exact) mass is 885 g/mol. The maximum atomic E-state index is 7.15. The van der Waals surface area contributed by atoms with Crippen molar-refractivity contribution >= 4 is 50.6 Å². The van der Waals surface area contributed by atoms with Crippen molar-refractivity contribution in [1.29, 1.82) is 0 Å². The molecule has 0 saturated heterocycles. The number of fused-ring (bicyclic) bond motifs is 4. The maximum absolute atomic E-state index is 7.15. The lowest BCUT2D eigenvalue weighted by Gasteiger charge is -2.24. The molecule has 1 aliphatic heterocycles. The summed E-state index contributed by atoms with van der Waals surface area (Å²) in [5, 5.41) is 2.34. The summed E-state index contributed by atoms with van der Waals surface area (Å²) in [5.74, 6) is 2.46. The number of rotatable bonds is 6. The summed E-state index contributed by atoms with van der Waals surface area (Å²) in [6.45, 7) is 34.2. The lowest BCUT2D eigenvalue weighted by molar-refractivity contribution is 0.456. The minimum atomic E-state index is -0.200. The number of para-hydroxylation sites is 2. The lowest BCUT2D eigenvalue weighted by atomic mass is 9.80. The van der Waals surface area contributed by atoms with Gasteiger partial charge in [-0.25, -0.2) is 4.98 Å². The second kappa shape index (κ2) is 16.1. The topological polar surface area (TPSA) is 33.1 Å². The molecule has 0 fully saturated rings. The summed E-state index contributed by atoms with van der Waals surface area (Å²) >= 11 is 0. The number of benzene rings is 6. The summed E-state index contributed by atoms with van der Waals surface area (Å²) in [6.07, 6.45) is 1.93. The largest absolute Gasteiger partial charge is 0.503 e. The summed E-state index contributed by atoms with van der Waals surface area (Å²) in [4.78, 5) is 4.94. The van der Waals surface area contributed by atoms with Crippen molar-refractivity contribution in [2.24, 2.45) is 0 Å². The van der Waals surface area contributed by atoms with Gasteiger partial charge in [-0.2, -0.15) is 0 Å². The molecule has 2 aromatic heterocycles. The van der Waals surface area contributed by atoms with E-state index >= 15 is 0 Å². The minimum absolute atomic E-state index is 0.00110. The molecular weight excluding hydrogens is 817 g/mol. The van der Waals surface area contributed by atoms with Gasteiger partial charge in [0.25, 0.3) is 5.69 Å². The second-order valence-electron chi connectivity index (χ2n) is 23.8. The van der Waals surface area contributed by atoms with Gasteiger partial charge < -0.3 is 4.74 Å². The van der Waals surface area contributed by atoms with Crippen LogP contribution in [0.1, 0.15) is 132 Å². The molecule has 67 heavy (non-hydrogen) atoms. The van der Waals surface area contributed by atoms with Gasteiger partial charge in [0, 0.05) is 52.9 Å². The van der Waals surface area contributed by atoms with E-state index in [0.717, 1.165) is 67.6 Å². The van der Waals surface area contributed by atoms with Crippen LogP contribution in [0.25, 0.3) is 38.8 Å². The molecule has 6 aromatic carbocycles. The Balaban J connectivity index is 1.25. The molecule has 0 spiro atoms. The van der Waals surface area contributed by atoms with Crippen LogP contribution in [-0.4, -0.2) is 15.6 Å². The Bertz CT molecular complexity index is 3290. The van der Waals surface area contributed by atoms with E-state index in [-0.39, 0.29) is 27.1 Å². The molecule has 0 unspecified atom stereocenters. The molecular formula is C62H68N4O+2. The first-order valence-corrected chi connectivity index (χ1v) is 24.0. The third-order valence-electron chi connectivity index (χ3n) is 13.4. The Kier molecular flexibility index (Phi) is 10.9. The maximum Gasteiger partial charge on any atom is 0.503 e. The highest BCUT2D eigenvalue weighted by atomic mass is 16.5.